The molecule has 1 amide bonds. The third kappa shape index (κ3) is 3.59. The number of H-pyrrole nitrogens is 2. The SMILES string of the molecule is O=C(C(=O)N1CCN(c2c[nH]nc2-c2ccccc2)CC1)c1c[nH]c2c(-n3ccnn3)ncc(F)c12. The minimum Gasteiger partial charge on any atom is -0.365 e. The van der Waals surface area contributed by atoms with Crippen LogP contribution in [-0.2, 0) is 4.79 Å². The van der Waals surface area contributed by atoms with Gasteiger partial charge in [0.05, 0.1) is 40.7 Å². The minimum atomic E-state index is -0.780. The second-order valence-electron chi connectivity index (χ2n) is 8.32. The van der Waals surface area contributed by atoms with Gasteiger partial charge in [-0.3, -0.25) is 14.7 Å². The van der Waals surface area contributed by atoms with Crippen LogP contribution >= 0.6 is 0 Å². The van der Waals surface area contributed by atoms with E-state index in [4.69, 9.17) is 0 Å². The Morgan fingerprint density at radius 1 is 1.03 bits per heavy atom. The molecule has 1 fully saturated rings. The smallest absolute Gasteiger partial charge is 0.295 e. The number of hydrogen-bond donors (Lipinski definition) is 2. The molecule has 180 valence electrons. The van der Waals surface area contributed by atoms with E-state index in [9.17, 15) is 14.0 Å². The van der Waals surface area contributed by atoms with Crippen LogP contribution in [0.25, 0.3) is 28.0 Å². The molecule has 0 unspecified atom stereocenters. The second kappa shape index (κ2) is 8.73. The highest BCUT2D eigenvalue weighted by Gasteiger charge is 2.31. The molecule has 6 rings (SSSR count). The molecule has 0 bridgehead atoms. The Labute approximate surface area is 203 Å². The van der Waals surface area contributed by atoms with Crippen LogP contribution in [0.4, 0.5) is 10.1 Å². The fourth-order valence-electron chi connectivity index (χ4n) is 4.51. The van der Waals surface area contributed by atoms with E-state index >= 15 is 0 Å². The number of hydrogen-bond acceptors (Lipinski definition) is 7. The Morgan fingerprint density at radius 2 is 1.83 bits per heavy atom. The maximum absolute atomic E-state index is 14.7. The lowest BCUT2D eigenvalue weighted by Crippen LogP contribution is -2.50. The van der Waals surface area contributed by atoms with E-state index in [2.05, 4.69) is 35.4 Å². The first kappa shape index (κ1) is 21.6. The molecular formula is C24H20FN9O2. The van der Waals surface area contributed by atoms with Crippen LogP contribution in [0, 0.1) is 5.82 Å². The average Bonchev–Trinajstić information content (AvgIpc) is 3.70. The summed E-state index contributed by atoms with van der Waals surface area (Å²) >= 11 is 0. The first-order valence-corrected chi connectivity index (χ1v) is 11.3. The number of anilines is 1. The van der Waals surface area contributed by atoms with Crippen LogP contribution < -0.4 is 4.90 Å². The predicted octanol–water partition coefficient (Wildman–Crippen LogP) is 2.20. The molecular weight excluding hydrogens is 465 g/mol. The fraction of sp³-hybridized carbons (Fsp3) is 0.167. The van der Waals surface area contributed by atoms with E-state index in [-0.39, 0.29) is 22.3 Å². The van der Waals surface area contributed by atoms with Crippen LogP contribution in [-0.4, -0.2) is 77.9 Å². The van der Waals surface area contributed by atoms with Crippen molar-refractivity contribution in [3.8, 4) is 17.1 Å². The van der Waals surface area contributed by atoms with Crippen LogP contribution in [0.1, 0.15) is 10.4 Å². The zero-order valence-corrected chi connectivity index (χ0v) is 18.9. The lowest BCUT2D eigenvalue weighted by molar-refractivity contribution is -0.126. The van der Waals surface area contributed by atoms with Crippen molar-refractivity contribution in [1.82, 2.24) is 40.1 Å². The van der Waals surface area contributed by atoms with Crippen molar-refractivity contribution in [2.45, 2.75) is 0 Å². The van der Waals surface area contributed by atoms with Gasteiger partial charge in [0.25, 0.3) is 11.7 Å². The van der Waals surface area contributed by atoms with Crippen molar-refractivity contribution in [2.75, 3.05) is 31.1 Å². The number of Topliss-reactive ketones (excluding diaryl/α,β-unsaturated/α-hetero) is 1. The molecule has 12 heteroatoms. The molecule has 36 heavy (non-hydrogen) atoms. The molecule has 5 heterocycles. The van der Waals surface area contributed by atoms with Gasteiger partial charge >= 0.3 is 0 Å². The highest BCUT2D eigenvalue weighted by molar-refractivity contribution is 6.45. The number of rotatable bonds is 5. The van der Waals surface area contributed by atoms with E-state index in [1.165, 1.54) is 22.0 Å². The summed E-state index contributed by atoms with van der Waals surface area (Å²) in [6.07, 6.45) is 7.18. The number of aromatic amines is 2. The molecule has 0 aliphatic carbocycles. The van der Waals surface area contributed by atoms with E-state index in [0.717, 1.165) is 23.1 Å². The summed E-state index contributed by atoms with van der Waals surface area (Å²) in [7, 11) is 0. The maximum Gasteiger partial charge on any atom is 0.295 e. The molecule has 4 aromatic heterocycles. The monoisotopic (exact) mass is 485 g/mol. The van der Waals surface area contributed by atoms with Gasteiger partial charge in [-0.1, -0.05) is 35.5 Å². The summed E-state index contributed by atoms with van der Waals surface area (Å²) in [5.41, 5.74) is 2.97. The Morgan fingerprint density at radius 3 is 2.58 bits per heavy atom. The summed E-state index contributed by atoms with van der Waals surface area (Å²) in [5.74, 6) is -1.88. The van der Waals surface area contributed by atoms with Gasteiger partial charge in [0.1, 0.15) is 5.69 Å². The number of aromatic nitrogens is 7. The van der Waals surface area contributed by atoms with Crippen molar-refractivity contribution in [3.63, 3.8) is 0 Å². The van der Waals surface area contributed by atoms with Gasteiger partial charge < -0.3 is 14.8 Å². The van der Waals surface area contributed by atoms with Gasteiger partial charge in [-0.2, -0.15) is 5.10 Å². The number of carbonyl (C=O) groups is 2. The van der Waals surface area contributed by atoms with Crippen molar-refractivity contribution < 1.29 is 14.0 Å². The highest BCUT2D eigenvalue weighted by atomic mass is 19.1. The Bertz CT molecular complexity index is 1550. The number of amides is 1. The first-order chi connectivity index (χ1) is 17.6. The normalized spacial score (nSPS) is 13.9. The van der Waals surface area contributed by atoms with Gasteiger partial charge in [0.15, 0.2) is 11.6 Å². The van der Waals surface area contributed by atoms with E-state index in [1.807, 2.05) is 36.5 Å². The van der Waals surface area contributed by atoms with Crippen LogP contribution in [0.2, 0.25) is 0 Å². The second-order valence-corrected chi connectivity index (χ2v) is 8.32. The lowest BCUT2D eigenvalue weighted by atomic mass is 10.1. The number of nitrogens with zero attached hydrogens (tertiary/aromatic N) is 7. The summed E-state index contributed by atoms with van der Waals surface area (Å²) in [4.78, 5) is 36.8. The summed E-state index contributed by atoms with van der Waals surface area (Å²) in [6.45, 7) is 1.75. The Balaban J connectivity index is 1.21. The molecule has 1 saturated heterocycles. The van der Waals surface area contributed by atoms with E-state index in [1.54, 1.807) is 6.20 Å². The number of benzene rings is 1. The van der Waals surface area contributed by atoms with Crippen molar-refractivity contribution >= 4 is 28.3 Å². The van der Waals surface area contributed by atoms with Crippen LogP contribution in [0.5, 0.6) is 0 Å². The zero-order chi connectivity index (χ0) is 24.6. The number of halogens is 1. The van der Waals surface area contributed by atoms with Gasteiger partial charge in [-0.25, -0.2) is 14.1 Å². The molecule has 0 saturated carbocycles. The Hall–Kier alpha value is -4.87. The standard InChI is InChI=1S/C24H20FN9O2/c25-17-13-27-23(34-7-6-28-31-34)21-19(17)16(12-26-21)22(35)24(36)33-10-8-32(9-11-33)18-14-29-30-20(18)15-4-2-1-3-5-15/h1-7,12-14,26H,8-11H2,(H,29,30). The number of ketones is 1. The molecule has 1 aliphatic rings. The lowest BCUT2D eigenvalue weighted by Gasteiger charge is -2.35. The summed E-state index contributed by atoms with van der Waals surface area (Å²) in [5, 5.41) is 14.9. The third-order valence-electron chi connectivity index (χ3n) is 6.30. The molecule has 1 aromatic carbocycles. The largest absolute Gasteiger partial charge is 0.365 e. The quantitative estimate of drug-likeness (QED) is 0.288. The van der Waals surface area contributed by atoms with Crippen molar-refractivity contribution in [2.24, 2.45) is 0 Å². The topological polar surface area (TPSA) is 129 Å². The fourth-order valence-corrected chi connectivity index (χ4v) is 4.51. The van der Waals surface area contributed by atoms with E-state index < -0.39 is 17.5 Å². The maximum atomic E-state index is 14.7. The number of pyridine rings is 1. The minimum absolute atomic E-state index is 0.00149. The molecule has 1 aliphatic heterocycles. The van der Waals surface area contributed by atoms with Gasteiger partial charge in [0, 0.05) is 44.1 Å². The first-order valence-electron chi connectivity index (χ1n) is 11.3. The summed E-state index contributed by atoms with van der Waals surface area (Å²) < 4.78 is 16.1. The summed E-state index contributed by atoms with van der Waals surface area (Å²) in [6, 6.07) is 9.83. The highest BCUT2D eigenvalue weighted by Crippen LogP contribution is 2.30. The molecule has 0 atom stereocenters. The molecule has 0 radical (unpaired) electrons. The van der Waals surface area contributed by atoms with Gasteiger partial charge in [0.2, 0.25) is 0 Å². The molecule has 0 spiro atoms. The molecule has 11 nitrogen and oxygen atoms in total. The zero-order valence-electron chi connectivity index (χ0n) is 18.9. The van der Waals surface area contributed by atoms with Gasteiger partial charge in [-0.05, 0) is 0 Å². The molecule has 2 N–H and O–H groups in total. The van der Waals surface area contributed by atoms with Gasteiger partial charge in [-0.15, -0.1) is 5.10 Å². The van der Waals surface area contributed by atoms with Crippen LogP contribution in [0.15, 0.2) is 61.3 Å². The van der Waals surface area contributed by atoms with E-state index in [0.29, 0.717) is 26.2 Å². The number of piperazine rings is 1. The average molecular weight is 485 g/mol. The molecule has 5 aromatic rings. The van der Waals surface area contributed by atoms with Crippen molar-refractivity contribution in [1.29, 1.82) is 0 Å². The predicted molar refractivity (Wildman–Crippen MR) is 128 cm³/mol. The Kier molecular flexibility index (Phi) is 5.25. The third-order valence-corrected chi connectivity index (χ3v) is 6.30. The number of nitrogens with one attached hydrogen (secondary N) is 2. The number of fused-ring (bicyclic) bond motifs is 1. The number of carbonyl (C=O) groups excluding carboxylic acids is 2. The van der Waals surface area contributed by atoms with Crippen molar-refractivity contribution in [3.05, 3.63) is 72.7 Å². The van der Waals surface area contributed by atoms with Crippen LogP contribution in [0.3, 0.4) is 0 Å².